The Balaban J connectivity index is 1.99. The predicted octanol–water partition coefficient (Wildman–Crippen LogP) is 1.49. The van der Waals surface area contributed by atoms with Crippen LogP contribution in [-0.2, 0) is 0 Å². The summed E-state index contributed by atoms with van der Waals surface area (Å²) >= 11 is 0. The van der Waals surface area contributed by atoms with Crippen LogP contribution in [0.15, 0.2) is 41.2 Å². The molecule has 0 saturated carbocycles. The molecule has 0 unspecified atom stereocenters. The number of rotatable bonds is 3. The Hall–Kier alpha value is -2.60. The molecule has 1 aliphatic heterocycles. The zero-order valence-electron chi connectivity index (χ0n) is 13.0. The average molecular weight is 313 g/mol. The number of para-hydroxylation sites is 1. The molecule has 1 aromatic carbocycles. The SMILES string of the molecule is CN1CCN(c2ccccc2-c2ccc(C(=O)O)c(=O)[nH]2)CC1. The number of benzene rings is 1. The molecule has 0 atom stereocenters. The smallest absolute Gasteiger partial charge is 0.341 e. The molecule has 0 bridgehead atoms. The number of carbonyl (C=O) groups is 1. The van der Waals surface area contributed by atoms with Gasteiger partial charge < -0.3 is 19.9 Å². The lowest BCUT2D eigenvalue weighted by Crippen LogP contribution is -2.44. The molecular weight excluding hydrogens is 294 g/mol. The number of nitrogens with one attached hydrogen (secondary N) is 1. The second-order valence-electron chi connectivity index (χ2n) is 5.73. The van der Waals surface area contributed by atoms with E-state index in [-0.39, 0.29) is 5.56 Å². The highest BCUT2D eigenvalue weighted by Gasteiger charge is 2.18. The van der Waals surface area contributed by atoms with E-state index in [0.29, 0.717) is 5.69 Å². The third-order valence-corrected chi connectivity index (χ3v) is 4.18. The third-order valence-electron chi connectivity index (χ3n) is 4.18. The number of carboxylic acid groups (broad SMARTS) is 1. The van der Waals surface area contributed by atoms with E-state index >= 15 is 0 Å². The molecule has 0 spiro atoms. The number of carboxylic acids is 1. The van der Waals surface area contributed by atoms with Crippen molar-refractivity contribution in [1.29, 1.82) is 0 Å². The number of aromatic nitrogens is 1. The molecule has 1 aliphatic rings. The van der Waals surface area contributed by atoms with Crippen LogP contribution < -0.4 is 10.5 Å². The fourth-order valence-electron chi connectivity index (χ4n) is 2.82. The van der Waals surface area contributed by atoms with Crippen molar-refractivity contribution in [3.63, 3.8) is 0 Å². The predicted molar refractivity (Wildman–Crippen MR) is 89.2 cm³/mol. The molecule has 2 N–H and O–H groups in total. The number of hydrogen-bond acceptors (Lipinski definition) is 4. The normalized spacial score (nSPS) is 15.6. The van der Waals surface area contributed by atoms with Crippen molar-refractivity contribution in [1.82, 2.24) is 9.88 Å². The van der Waals surface area contributed by atoms with E-state index in [1.54, 1.807) is 6.07 Å². The quantitative estimate of drug-likeness (QED) is 0.898. The first-order valence-electron chi connectivity index (χ1n) is 7.56. The van der Waals surface area contributed by atoms with Gasteiger partial charge in [0.05, 0.1) is 5.69 Å². The summed E-state index contributed by atoms with van der Waals surface area (Å²) in [6, 6.07) is 10.9. The van der Waals surface area contributed by atoms with E-state index in [2.05, 4.69) is 21.8 Å². The molecule has 1 saturated heterocycles. The van der Waals surface area contributed by atoms with Crippen LogP contribution in [0.25, 0.3) is 11.3 Å². The largest absolute Gasteiger partial charge is 0.477 e. The number of piperazine rings is 1. The van der Waals surface area contributed by atoms with Crippen LogP contribution >= 0.6 is 0 Å². The van der Waals surface area contributed by atoms with Gasteiger partial charge in [0, 0.05) is 37.4 Å². The van der Waals surface area contributed by atoms with Gasteiger partial charge in [0.1, 0.15) is 5.56 Å². The van der Waals surface area contributed by atoms with Crippen LogP contribution in [0.2, 0.25) is 0 Å². The summed E-state index contributed by atoms with van der Waals surface area (Å²) in [7, 11) is 2.10. The Morgan fingerprint density at radius 3 is 2.43 bits per heavy atom. The summed E-state index contributed by atoms with van der Waals surface area (Å²) in [5, 5.41) is 8.98. The van der Waals surface area contributed by atoms with Crippen LogP contribution in [-0.4, -0.2) is 54.2 Å². The average Bonchev–Trinajstić information content (AvgIpc) is 2.55. The Kier molecular flexibility index (Phi) is 4.16. The monoisotopic (exact) mass is 313 g/mol. The Morgan fingerprint density at radius 2 is 1.78 bits per heavy atom. The standard InChI is InChI=1S/C17H19N3O3/c1-19-8-10-20(11-9-19)15-5-3-2-4-12(15)14-7-6-13(17(22)23)16(21)18-14/h2-7H,8-11H2,1H3,(H,18,21)(H,22,23). The fraction of sp³-hybridized carbons (Fsp3) is 0.294. The lowest BCUT2D eigenvalue weighted by Gasteiger charge is -2.35. The first-order chi connectivity index (χ1) is 11.1. The number of H-pyrrole nitrogens is 1. The third kappa shape index (κ3) is 3.12. The van der Waals surface area contributed by atoms with Gasteiger partial charge in [-0.1, -0.05) is 18.2 Å². The summed E-state index contributed by atoms with van der Waals surface area (Å²) in [5.41, 5.74) is 1.77. The van der Waals surface area contributed by atoms with Gasteiger partial charge in [0.25, 0.3) is 5.56 Å². The molecule has 1 fully saturated rings. The molecule has 120 valence electrons. The second kappa shape index (κ2) is 6.26. The Morgan fingerprint density at radius 1 is 1.09 bits per heavy atom. The van der Waals surface area contributed by atoms with Gasteiger partial charge in [-0.25, -0.2) is 4.79 Å². The van der Waals surface area contributed by atoms with Gasteiger partial charge in [-0.2, -0.15) is 0 Å². The van der Waals surface area contributed by atoms with E-state index in [1.165, 1.54) is 6.07 Å². The van der Waals surface area contributed by atoms with E-state index in [1.807, 2.05) is 24.3 Å². The highest BCUT2D eigenvalue weighted by Crippen LogP contribution is 2.29. The molecule has 0 amide bonds. The number of hydrogen-bond donors (Lipinski definition) is 2. The molecule has 23 heavy (non-hydrogen) atoms. The van der Waals surface area contributed by atoms with Crippen molar-refractivity contribution >= 4 is 11.7 Å². The van der Waals surface area contributed by atoms with Crippen LogP contribution in [0, 0.1) is 0 Å². The van der Waals surface area contributed by atoms with Crippen molar-refractivity contribution < 1.29 is 9.90 Å². The van der Waals surface area contributed by atoms with Gasteiger partial charge in [-0.15, -0.1) is 0 Å². The summed E-state index contributed by atoms with van der Waals surface area (Å²) in [4.78, 5) is 30.2. The number of nitrogens with zero attached hydrogens (tertiary/aromatic N) is 2. The zero-order valence-corrected chi connectivity index (χ0v) is 13.0. The Bertz CT molecular complexity index is 777. The topological polar surface area (TPSA) is 76.6 Å². The maximum atomic E-state index is 11.9. The maximum absolute atomic E-state index is 11.9. The number of likely N-dealkylation sites (N-methyl/N-ethyl adjacent to an activating group) is 1. The van der Waals surface area contributed by atoms with Crippen molar-refractivity contribution in [3.8, 4) is 11.3 Å². The van der Waals surface area contributed by atoms with Crippen LogP contribution in [0.4, 0.5) is 5.69 Å². The minimum Gasteiger partial charge on any atom is -0.477 e. The van der Waals surface area contributed by atoms with Crippen molar-refractivity contribution in [2.45, 2.75) is 0 Å². The zero-order chi connectivity index (χ0) is 16.4. The molecular formula is C17H19N3O3. The second-order valence-corrected chi connectivity index (χ2v) is 5.73. The van der Waals surface area contributed by atoms with Crippen LogP contribution in [0.1, 0.15) is 10.4 Å². The number of aromatic amines is 1. The highest BCUT2D eigenvalue weighted by molar-refractivity contribution is 5.88. The first kappa shape index (κ1) is 15.3. The molecule has 0 radical (unpaired) electrons. The minimum atomic E-state index is -1.22. The molecule has 2 heterocycles. The minimum absolute atomic E-state index is 0.245. The van der Waals surface area contributed by atoms with Crippen LogP contribution in [0.3, 0.4) is 0 Å². The lowest BCUT2D eigenvalue weighted by molar-refractivity contribution is 0.0695. The van der Waals surface area contributed by atoms with Gasteiger partial charge in [-0.3, -0.25) is 4.79 Å². The van der Waals surface area contributed by atoms with Gasteiger partial charge in [0.2, 0.25) is 0 Å². The van der Waals surface area contributed by atoms with E-state index in [4.69, 9.17) is 5.11 Å². The number of anilines is 1. The van der Waals surface area contributed by atoms with E-state index in [0.717, 1.165) is 37.4 Å². The maximum Gasteiger partial charge on any atom is 0.341 e. The number of aromatic carboxylic acids is 1. The fourth-order valence-corrected chi connectivity index (χ4v) is 2.82. The molecule has 2 aromatic rings. The molecule has 6 heteroatoms. The first-order valence-corrected chi connectivity index (χ1v) is 7.56. The Labute approximate surface area is 134 Å². The van der Waals surface area contributed by atoms with Gasteiger partial charge in [-0.05, 0) is 25.2 Å². The van der Waals surface area contributed by atoms with Crippen molar-refractivity contribution in [2.24, 2.45) is 0 Å². The van der Waals surface area contributed by atoms with Crippen molar-refractivity contribution in [3.05, 3.63) is 52.3 Å². The van der Waals surface area contributed by atoms with Gasteiger partial charge >= 0.3 is 5.97 Å². The highest BCUT2D eigenvalue weighted by atomic mass is 16.4. The molecule has 3 rings (SSSR count). The number of pyridine rings is 1. The summed E-state index contributed by atoms with van der Waals surface area (Å²) in [6.07, 6.45) is 0. The molecule has 1 aromatic heterocycles. The molecule has 0 aliphatic carbocycles. The summed E-state index contributed by atoms with van der Waals surface area (Å²) < 4.78 is 0. The summed E-state index contributed by atoms with van der Waals surface area (Å²) in [6.45, 7) is 3.82. The van der Waals surface area contributed by atoms with E-state index in [9.17, 15) is 9.59 Å². The molecule has 6 nitrogen and oxygen atoms in total. The lowest BCUT2D eigenvalue weighted by atomic mass is 10.1. The van der Waals surface area contributed by atoms with Crippen molar-refractivity contribution in [2.75, 3.05) is 38.1 Å². The van der Waals surface area contributed by atoms with Crippen LogP contribution in [0.5, 0.6) is 0 Å². The van der Waals surface area contributed by atoms with E-state index < -0.39 is 11.5 Å². The van der Waals surface area contributed by atoms with Gasteiger partial charge in [0.15, 0.2) is 0 Å². The summed E-state index contributed by atoms with van der Waals surface area (Å²) in [5.74, 6) is -1.22.